The summed E-state index contributed by atoms with van der Waals surface area (Å²) in [4.78, 5) is 11.0. The zero-order valence-corrected chi connectivity index (χ0v) is 9.96. The molecule has 3 nitrogen and oxygen atoms in total. The average Bonchev–Trinajstić information content (AvgIpc) is 2.57. The smallest absolute Gasteiger partial charge is 0.170 e. The number of aromatic nitrogens is 2. The van der Waals surface area contributed by atoms with Crippen molar-refractivity contribution in [2.24, 2.45) is 0 Å². The maximum atomic E-state index is 14.4. The van der Waals surface area contributed by atoms with E-state index in [1.54, 1.807) is 11.6 Å². The molecule has 1 heterocycles. The van der Waals surface area contributed by atoms with Gasteiger partial charge >= 0.3 is 0 Å². The summed E-state index contributed by atoms with van der Waals surface area (Å²) in [5, 5.41) is 4.21. The first kappa shape index (κ1) is 11.3. The molecule has 0 amide bonds. The summed E-state index contributed by atoms with van der Waals surface area (Å²) >= 11 is 0. The molecule has 1 aliphatic carbocycles. The molecule has 0 aromatic carbocycles. The normalized spacial score (nSPS) is 24.6. The second-order valence-corrected chi connectivity index (χ2v) is 4.91. The molecule has 0 fully saturated rings. The van der Waals surface area contributed by atoms with Gasteiger partial charge in [-0.3, -0.25) is 9.48 Å². The predicted molar refractivity (Wildman–Crippen MR) is 59.4 cm³/mol. The number of fused-ring (bicyclic) bond motifs is 1. The molecule has 0 saturated heterocycles. The highest BCUT2D eigenvalue weighted by atomic mass is 19.1. The lowest BCUT2D eigenvalue weighted by Gasteiger charge is -2.27. The van der Waals surface area contributed by atoms with Gasteiger partial charge in [0.1, 0.15) is 11.4 Å². The Morgan fingerprint density at radius 2 is 2.25 bits per heavy atom. The maximum absolute atomic E-state index is 14.4. The molecule has 1 aromatic heterocycles. The highest BCUT2D eigenvalue weighted by molar-refractivity contribution is 5.75. The largest absolute Gasteiger partial charge is 0.296 e. The minimum Gasteiger partial charge on any atom is -0.296 e. The van der Waals surface area contributed by atoms with Crippen molar-refractivity contribution < 1.29 is 9.18 Å². The van der Waals surface area contributed by atoms with Crippen LogP contribution in [0.3, 0.4) is 0 Å². The van der Waals surface area contributed by atoms with Gasteiger partial charge in [-0.25, -0.2) is 4.39 Å². The molecular weight excluding hydrogens is 207 g/mol. The molecule has 0 spiro atoms. The average molecular weight is 224 g/mol. The van der Waals surface area contributed by atoms with Crippen LogP contribution in [0.5, 0.6) is 0 Å². The second-order valence-electron chi connectivity index (χ2n) is 4.91. The molecule has 0 aliphatic heterocycles. The van der Waals surface area contributed by atoms with Crippen LogP contribution in [0.1, 0.15) is 61.4 Å². The SMILES string of the molecule is CC(C)n1nc(C=O)c2c1CCCC2(C)F. The van der Waals surface area contributed by atoms with Crippen LogP contribution in [0.2, 0.25) is 0 Å². The molecule has 1 unspecified atom stereocenters. The Balaban J connectivity index is 2.64. The minimum absolute atomic E-state index is 0.163. The van der Waals surface area contributed by atoms with Gasteiger partial charge in [-0.2, -0.15) is 5.10 Å². The lowest BCUT2D eigenvalue weighted by molar-refractivity contribution is 0.110. The van der Waals surface area contributed by atoms with Gasteiger partial charge in [0.15, 0.2) is 6.29 Å². The summed E-state index contributed by atoms with van der Waals surface area (Å²) in [5.74, 6) is 0. The number of rotatable bonds is 2. The van der Waals surface area contributed by atoms with Crippen LogP contribution in [-0.2, 0) is 12.1 Å². The minimum atomic E-state index is -1.41. The fraction of sp³-hybridized carbons (Fsp3) is 0.667. The molecular formula is C12H17FN2O. The Morgan fingerprint density at radius 1 is 1.56 bits per heavy atom. The number of nitrogens with zero attached hydrogens (tertiary/aromatic N) is 2. The van der Waals surface area contributed by atoms with Crippen LogP contribution in [0.25, 0.3) is 0 Å². The Morgan fingerprint density at radius 3 is 2.81 bits per heavy atom. The Labute approximate surface area is 94.6 Å². The van der Waals surface area contributed by atoms with Crippen molar-refractivity contribution in [2.75, 3.05) is 0 Å². The van der Waals surface area contributed by atoms with Gasteiger partial charge < -0.3 is 0 Å². The van der Waals surface area contributed by atoms with Crippen LogP contribution >= 0.6 is 0 Å². The Kier molecular flexibility index (Phi) is 2.60. The molecule has 1 atom stereocenters. The molecule has 4 heteroatoms. The number of carbonyl (C=O) groups excluding carboxylic acids is 1. The molecule has 0 radical (unpaired) electrons. The molecule has 1 aliphatic rings. The van der Waals surface area contributed by atoms with Crippen molar-refractivity contribution in [1.29, 1.82) is 0 Å². The molecule has 2 rings (SSSR count). The lowest BCUT2D eigenvalue weighted by Crippen LogP contribution is -2.24. The van der Waals surface area contributed by atoms with Crippen LogP contribution in [0, 0.1) is 0 Å². The van der Waals surface area contributed by atoms with Crippen LogP contribution in [0.4, 0.5) is 4.39 Å². The Bertz CT molecular complexity index is 421. The van der Waals surface area contributed by atoms with E-state index in [1.807, 2.05) is 13.8 Å². The zero-order valence-electron chi connectivity index (χ0n) is 9.96. The highest BCUT2D eigenvalue weighted by Crippen LogP contribution is 2.40. The van der Waals surface area contributed by atoms with Gasteiger partial charge in [-0.05, 0) is 40.0 Å². The van der Waals surface area contributed by atoms with Crippen molar-refractivity contribution in [3.05, 3.63) is 17.0 Å². The first-order valence-electron chi connectivity index (χ1n) is 5.73. The van der Waals surface area contributed by atoms with Crippen molar-refractivity contribution in [3.63, 3.8) is 0 Å². The van der Waals surface area contributed by atoms with E-state index in [9.17, 15) is 9.18 Å². The van der Waals surface area contributed by atoms with E-state index in [1.165, 1.54) is 0 Å². The topological polar surface area (TPSA) is 34.9 Å². The quantitative estimate of drug-likeness (QED) is 0.724. The van der Waals surface area contributed by atoms with E-state index >= 15 is 0 Å². The third kappa shape index (κ3) is 1.56. The van der Waals surface area contributed by atoms with Gasteiger partial charge in [-0.15, -0.1) is 0 Å². The second kappa shape index (κ2) is 3.68. The fourth-order valence-corrected chi connectivity index (χ4v) is 2.52. The van der Waals surface area contributed by atoms with E-state index < -0.39 is 5.67 Å². The maximum Gasteiger partial charge on any atom is 0.170 e. The number of halogens is 1. The van der Waals surface area contributed by atoms with Crippen LogP contribution < -0.4 is 0 Å². The number of alkyl halides is 1. The zero-order chi connectivity index (χ0) is 11.9. The van der Waals surface area contributed by atoms with E-state index in [0.717, 1.165) is 18.5 Å². The number of hydrogen-bond donors (Lipinski definition) is 0. The summed E-state index contributed by atoms with van der Waals surface area (Å²) in [6.07, 6.45) is 2.77. The molecule has 0 bridgehead atoms. The van der Waals surface area contributed by atoms with Crippen LogP contribution in [0.15, 0.2) is 0 Å². The molecule has 16 heavy (non-hydrogen) atoms. The first-order chi connectivity index (χ1) is 7.47. The monoisotopic (exact) mass is 224 g/mol. The third-order valence-electron chi connectivity index (χ3n) is 3.22. The molecule has 1 aromatic rings. The van der Waals surface area contributed by atoms with Gasteiger partial charge in [0.25, 0.3) is 0 Å². The fourth-order valence-electron chi connectivity index (χ4n) is 2.52. The summed E-state index contributed by atoms with van der Waals surface area (Å²) < 4.78 is 16.2. The van der Waals surface area contributed by atoms with Gasteiger partial charge in [0.2, 0.25) is 0 Å². The van der Waals surface area contributed by atoms with E-state index in [2.05, 4.69) is 5.10 Å². The van der Waals surface area contributed by atoms with Gasteiger partial charge in [-0.1, -0.05) is 0 Å². The molecule has 0 saturated carbocycles. The third-order valence-corrected chi connectivity index (χ3v) is 3.22. The Hall–Kier alpha value is -1.19. The number of aldehydes is 1. The molecule has 88 valence electrons. The van der Waals surface area contributed by atoms with Gasteiger partial charge in [0, 0.05) is 17.3 Å². The van der Waals surface area contributed by atoms with Crippen molar-refractivity contribution in [3.8, 4) is 0 Å². The highest BCUT2D eigenvalue weighted by Gasteiger charge is 2.38. The van der Waals surface area contributed by atoms with Crippen molar-refractivity contribution in [2.45, 2.75) is 51.7 Å². The van der Waals surface area contributed by atoms with E-state index in [0.29, 0.717) is 18.3 Å². The van der Waals surface area contributed by atoms with Gasteiger partial charge in [0.05, 0.1) is 0 Å². The van der Waals surface area contributed by atoms with Crippen molar-refractivity contribution in [1.82, 2.24) is 9.78 Å². The standard InChI is InChI=1S/C12H17FN2O/c1-8(2)15-10-5-4-6-12(3,13)11(10)9(7-16)14-15/h7-8H,4-6H2,1-3H3. The molecule has 0 N–H and O–H groups in total. The summed E-state index contributed by atoms with van der Waals surface area (Å²) in [7, 11) is 0. The van der Waals surface area contributed by atoms with E-state index in [4.69, 9.17) is 0 Å². The first-order valence-corrected chi connectivity index (χ1v) is 5.73. The summed E-state index contributed by atoms with van der Waals surface area (Å²) in [6, 6.07) is 0.163. The number of carbonyl (C=O) groups is 1. The summed E-state index contributed by atoms with van der Waals surface area (Å²) in [6.45, 7) is 5.53. The van der Waals surface area contributed by atoms with Crippen LogP contribution in [-0.4, -0.2) is 16.1 Å². The predicted octanol–water partition coefficient (Wildman–Crippen LogP) is 2.80. The summed E-state index contributed by atoms with van der Waals surface area (Å²) in [5.41, 5.74) is 0.279. The van der Waals surface area contributed by atoms with E-state index in [-0.39, 0.29) is 11.7 Å². The number of hydrogen-bond acceptors (Lipinski definition) is 2. The van der Waals surface area contributed by atoms with Crippen molar-refractivity contribution >= 4 is 6.29 Å². The lowest BCUT2D eigenvalue weighted by atomic mass is 9.84.